The molecule has 132 valence electrons. The van der Waals surface area contributed by atoms with Gasteiger partial charge in [0, 0.05) is 24.6 Å². The van der Waals surface area contributed by atoms with E-state index in [-0.39, 0.29) is 12.0 Å². The number of carbonyl (C=O) groups is 2. The zero-order chi connectivity index (χ0) is 17.9. The largest absolute Gasteiger partial charge is 0.493 e. The van der Waals surface area contributed by atoms with E-state index in [1.807, 2.05) is 20.8 Å². The molecule has 1 amide bonds. The van der Waals surface area contributed by atoms with Crippen molar-refractivity contribution in [3.63, 3.8) is 0 Å². The van der Waals surface area contributed by atoms with Gasteiger partial charge in [-0.05, 0) is 55.5 Å². The van der Waals surface area contributed by atoms with E-state index in [9.17, 15) is 9.59 Å². The van der Waals surface area contributed by atoms with Crippen molar-refractivity contribution in [2.24, 2.45) is 5.92 Å². The number of benzene rings is 1. The van der Waals surface area contributed by atoms with Crippen molar-refractivity contribution >= 4 is 35.0 Å². The van der Waals surface area contributed by atoms with Gasteiger partial charge in [-0.25, -0.2) is 4.79 Å². The standard InChI is InChI=1S/C17H22INO5/c1-17(2,3)24-16(21)19-7-12(8-19)10-23-15-13(18)5-11(9-20)6-14(15)22-4/h5-6,9,12H,7-8,10H2,1-4H3. The van der Waals surface area contributed by atoms with Crippen molar-refractivity contribution < 1.29 is 23.8 Å². The molecule has 1 aromatic rings. The number of amides is 1. The van der Waals surface area contributed by atoms with E-state index in [2.05, 4.69) is 22.6 Å². The lowest BCUT2D eigenvalue weighted by Gasteiger charge is -2.39. The van der Waals surface area contributed by atoms with Crippen molar-refractivity contribution in [3.8, 4) is 11.5 Å². The summed E-state index contributed by atoms with van der Waals surface area (Å²) in [6.07, 6.45) is 0.486. The second-order valence-electron chi connectivity index (χ2n) is 6.71. The van der Waals surface area contributed by atoms with Gasteiger partial charge in [0.2, 0.25) is 0 Å². The van der Waals surface area contributed by atoms with Crippen LogP contribution in [-0.4, -0.2) is 49.7 Å². The molecule has 1 heterocycles. The van der Waals surface area contributed by atoms with Gasteiger partial charge in [-0.2, -0.15) is 0 Å². The Morgan fingerprint density at radius 3 is 2.58 bits per heavy atom. The fourth-order valence-electron chi connectivity index (χ4n) is 2.30. The molecule has 0 aromatic heterocycles. The number of likely N-dealkylation sites (tertiary alicyclic amines) is 1. The predicted molar refractivity (Wildman–Crippen MR) is 97.9 cm³/mol. The number of methoxy groups -OCH3 is 1. The van der Waals surface area contributed by atoms with Crippen LogP contribution >= 0.6 is 22.6 Å². The van der Waals surface area contributed by atoms with E-state index in [1.165, 1.54) is 0 Å². The van der Waals surface area contributed by atoms with Crippen LogP contribution in [0, 0.1) is 9.49 Å². The maximum Gasteiger partial charge on any atom is 0.410 e. The molecular formula is C17H22INO5. The van der Waals surface area contributed by atoms with Gasteiger partial charge in [-0.3, -0.25) is 4.79 Å². The van der Waals surface area contributed by atoms with Crippen LogP contribution in [-0.2, 0) is 4.74 Å². The highest BCUT2D eigenvalue weighted by molar-refractivity contribution is 14.1. The Hall–Kier alpha value is -1.51. The number of nitrogens with zero attached hydrogens (tertiary/aromatic N) is 1. The lowest BCUT2D eigenvalue weighted by Crippen LogP contribution is -2.53. The molecule has 1 saturated heterocycles. The third kappa shape index (κ3) is 4.75. The van der Waals surface area contributed by atoms with Crippen LogP contribution in [0.3, 0.4) is 0 Å². The van der Waals surface area contributed by atoms with Crippen LogP contribution in [0.5, 0.6) is 11.5 Å². The Balaban J connectivity index is 1.88. The molecule has 6 nitrogen and oxygen atoms in total. The van der Waals surface area contributed by atoms with Gasteiger partial charge in [0.1, 0.15) is 11.9 Å². The van der Waals surface area contributed by atoms with E-state index < -0.39 is 5.60 Å². The quantitative estimate of drug-likeness (QED) is 0.512. The average Bonchev–Trinajstić information content (AvgIpc) is 2.44. The summed E-state index contributed by atoms with van der Waals surface area (Å²) in [6, 6.07) is 3.40. The van der Waals surface area contributed by atoms with Crippen LogP contribution in [0.4, 0.5) is 4.79 Å². The molecule has 0 unspecified atom stereocenters. The Bertz CT molecular complexity index is 620. The topological polar surface area (TPSA) is 65.1 Å². The first kappa shape index (κ1) is 18.8. The molecule has 0 aliphatic carbocycles. The maximum absolute atomic E-state index is 11.9. The first-order chi connectivity index (χ1) is 11.2. The zero-order valence-corrected chi connectivity index (χ0v) is 16.5. The Morgan fingerprint density at radius 1 is 1.38 bits per heavy atom. The number of halogens is 1. The van der Waals surface area contributed by atoms with Crippen LogP contribution in [0.1, 0.15) is 31.1 Å². The summed E-state index contributed by atoms with van der Waals surface area (Å²) in [5.74, 6) is 1.41. The van der Waals surface area contributed by atoms with Gasteiger partial charge < -0.3 is 19.1 Å². The first-order valence-electron chi connectivity index (χ1n) is 7.67. The Kier molecular flexibility index (Phi) is 5.95. The fourth-order valence-corrected chi connectivity index (χ4v) is 3.08. The van der Waals surface area contributed by atoms with Crippen LogP contribution < -0.4 is 9.47 Å². The molecule has 2 rings (SSSR count). The summed E-state index contributed by atoms with van der Waals surface area (Å²) in [7, 11) is 1.54. The first-order valence-corrected chi connectivity index (χ1v) is 8.75. The normalized spacial score (nSPS) is 14.8. The minimum atomic E-state index is -0.484. The smallest absolute Gasteiger partial charge is 0.410 e. The minimum Gasteiger partial charge on any atom is -0.493 e. The Labute approximate surface area is 155 Å². The summed E-state index contributed by atoms with van der Waals surface area (Å²) in [5, 5.41) is 0. The highest BCUT2D eigenvalue weighted by Crippen LogP contribution is 2.34. The summed E-state index contributed by atoms with van der Waals surface area (Å²) < 4.78 is 17.3. The van der Waals surface area contributed by atoms with E-state index in [1.54, 1.807) is 24.1 Å². The third-order valence-electron chi connectivity index (χ3n) is 3.46. The minimum absolute atomic E-state index is 0.253. The molecule has 7 heteroatoms. The molecule has 1 aliphatic rings. The highest BCUT2D eigenvalue weighted by atomic mass is 127. The Morgan fingerprint density at radius 2 is 2.04 bits per heavy atom. The number of ether oxygens (including phenoxy) is 3. The zero-order valence-electron chi connectivity index (χ0n) is 14.3. The van der Waals surface area contributed by atoms with Crippen molar-refractivity contribution in [2.45, 2.75) is 26.4 Å². The molecule has 0 radical (unpaired) electrons. The second-order valence-corrected chi connectivity index (χ2v) is 7.88. The monoisotopic (exact) mass is 447 g/mol. The van der Waals surface area contributed by atoms with Gasteiger partial charge in [0.05, 0.1) is 17.3 Å². The van der Waals surface area contributed by atoms with Crippen molar-refractivity contribution in [1.29, 1.82) is 0 Å². The van der Waals surface area contributed by atoms with Gasteiger partial charge >= 0.3 is 6.09 Å². The fraction of sp³-hybridized carbons (Fsp3) is 0.529. The summed E-state index contributed by atoms with van der Waals surface area (Å²) in [5.41, 5.74) is 0.0611. The number of hydrogen-bond acceptors (Lipinski definition) is 5. The van der Waals surface area contributed by atoms with Gasteiger partial charge in [-0.15, -0.1) is 0 Å². The molecular weight excluding hydrogens is 425 g/mol. The molecule has 1 aliphatic heterocycles. The van der Waals surface area contributed by atoms with Crippen LogP contribution in [0.25, 0.3) is 0 Å². The number of hydrogen-bond donors (Lipinski definition) is 0. The number of carbonyl (C=O) groups excluding carboxylic acids is 2. The van der Waals surface area contributed by atoms with Crippen LogP contribution in [0.2, 0.25) is 0 Å². The lowest BCUT2D eigenvalue weighted by molar-refractivity contribution is -0.00801. The molecule has 0 saturated carbocycles. The van der Waals surface area contributed by atoms with Crippen molar-refractivity contribution in [3.05, 3.63) is 21.3 Å². The number of aldehydes is 1. The predicted octanol–water partition coefficient (Wildman–Crippen LogP) is 3.36. The van der Waals surface area contributed by atoms with Gasteiger partial charge in [0.25, 0.3) is 0 Å². The second kappa shape index (κ2) is 7.58. The van der Waals surface area contributed by atoms with Crippen LogP contribution in [0.15, 0.2) is 12.1 Å². The molecule has 0 bridgehead atoms. The maximum atomic E-state index is 11.9. The van der Waals surface area contributed by atoms with Gasteiger partial charge in [0.15, 0.2) is 11.5 Å². The van der Waals surface area contributed by atoms with E-state index in [4.69, 9.17) is 14.2 Å². The van der Waals surface area contributed by atoms with Crippen molar-refractivity contribution in [1.82, 2.24) is 4.90 Å². The van der Waals surface area contributed by atoms with Crippen molar-refractivity contribution in [2.75, 3.05) is 26.8 Å². The molecule has 1 fully saturated rings. The molecule has 0 spiro atoms. The third-order valence-corrected chi connectivity index (χ3v) is 4.26. The van der Waals surface area contributed by atoms with Gasteiger partial charge in [-0.1, -0.05) is 0 Å². The lowest BCUT2D eigenvalue weighted by atomic mass is 10.0. The SMILES string of the molecule is COc1cc(C=O)cc(I)c1OCC1CN(C(=O)OC(C)(C)C)C1. The summed E-state index contributed by atoms with van der Waals surface area (Å²) >= 11 is 2.12. The average molecular weight is 447 g/mol. The summed E-state index contributed by atoms with van der Waals surface area (Å²) in [4.78, 5) is 24.5. The van der Waals surface area contributed by atoms with E-state index in [0.29, 0.717) is 36.8 Å². The molecule has 24 heavy (non-hydrogen) atoms. The van der Waals surface area contributed by atoms with E-state index in [0.717, 1.165) is 9.86 Å². The van der Waals surface area contributed by atoms with E-state index >= 15 is 0 Å². The molecule has 1 aromatic carbocycles. The highest BCUT2D eigenvalue weighted by Gasteiger charge is 2.34. The molecule has 0 N–H and O–H groups in total. The number of rotatable bonds is 5. The summed E-state index contributed by atoms with van der Waals surface area (Å²) in [6.45, 7) is 7.25. The molecule has 0 atom stereocenters.